The maximum Gasteiger partial charge on any atom is 0.270 e. The molecule has 2 aromatic rings. The van der Waals surface area contributed by atoms with Gasteiger partial charge in [-0.2, -0.15) is 0 Å². The standard InChI is InChI=1S/C10H10N4O2/c11-5-1-2-6-8(3-5)13-4-7(9(6)15)10(16)14-12/h1-4H,11-12H2,(H,13,15)(H,14,16). The SMILES string of the molecule is NNC(=O)c1c[nH]c2cc(N)ccc2c1=O. The van der Waals surface area contributed by atoms with Crippen molar-refractivity contribution >= 4 is 22.5 Å². The Morgan fingerprint density at radius 1 is 1.38 bits per heavy atom. The summed E-state index contributed by atoms with van der Waals surface area (Å²) in [5, 5.41) is 0.398. The van der Waals surface area contributed by atoms with Crippen LogP contribution in [-0.2, 0) is 0 Å². The summed E-state index contributed by atoms with van der Waals surface area (Å²) in [7, 11) is 0. The van der Waals surface area contributed by atoms with Crippen LogP contribution in [0.2, 0.25) is 0 Å². The molecule has 0 radical (unpaired) electrons. The first-order chi connectivity index (χ1) is 7.63. The Morgan fingerprint density at radius 2 is 2.12 bits per heavy atom. The van der Waals surface area contributed by atoms with Gasteiger partial charge in [0.15, 0.2) is 0 Å². The van der Waals surface area contributed by atoms with Crippen molar-refractivity contribution < 1.29 is 4.79 Å². The van der Waals surface area contributed by atoms with E-state index in [4.69, 9.17) is 11.6 Å². The fourth-order valence-corrected chi connectivity index (χ4v) is 1.49. The summed E-state index contributed by atoms with van der Waals surface area (Å²) >= 11 is 0. The molecule has 0 saturated heterocycles. The lowest BCUT2D eigenvalue weighted by Crippen LogP contribution is -2.33. The Labute approximate surface area is 90.2 Å². The summed E-state index contributed by atoms with van der Waals surface area (Å²) in [6, 6.07) is 4.79. The first-order valence-corrected chi connectivity index (χ1v) is 4.55. The van der Waals surface area contributed by atoms with Crippen LogP contribution in [0.3, 0.4) is 0 Å². The highest BCUT2D eigenvalue weighted by molar-refractivity contribution is 5.97. The van der Waals surface area contributed by atoms with Crippen LogP contribution in [0.15, 0.2) is 29.2 Å². The average molecular weight is 218 g/mol. The van der Waals surface area contributed by atoms with Gasteiger partial charge in [-0.15, -0.1) is 0 Å². The van der Waals surface area contributed by atoms with Crippen LogP contribution < -0.4 is 22.4 Å². The van der Waals surface area contributed by atoms with E-state index in [2.05, 4.69) is 4.98 Å². The maximum absolute atomic E-state index is 11.9. The summed E-state index contributed by atoms with van der Waals surface area (Å²) < 4.78 is 0. The Morgan fingerprint density at radius 3 is 2.81 bits per heavy atom. The summed E-state index contributed by atoms with van der Waals surface area (Å²) in [5.41, 5.74) is 8.21. The molecule has 2 rings (SSSR count). The van der Waals surface area contributed by atoms with Gasteiger partial charge in [0.2, 0.25) is 5.43 Å². The number of aromatic amines is 1. The Balaban J connectivity index is 2.76. The van der Waals surface area contributed by atoms with Gasteiger partial charge in [-0.05, 0) is 18.2 Å². The third kappa shape index (κ3) is 1.51. The van der Waals surface area contributed by atoms with E-state index < -0.39 is 5.91 Å². The number of nitrogen functional groups attached to an aromatic ring is 2. The van der Waals surface area contributed by atoms with Crippen molar-refractivity contribution in [1.82, 2.24) is 10.4 Å². The normalized spacial score (nSPS) is 10.3. The third-order valence-electron chi connectivity index (χ3n) is 2.28. The van der Waals surface area contributed by atoms with Crippen molar-refractivity contribution in [3.8, 4) is 0 Å². The molecule has 1 aromatic heterocycles. The molecule has 0 aliphatic heterocycles. The minimum atomic E-state index is -0.625. The maximum atomic E-state index is 11.9. The van der Waals surface area contributed by atoms with Gasteiger partial charge in [0.05, 0.1) is 5.52 Å². The van der Waals surface area contributed by atoms with Gasteiger partial charge in [-0.3, -0.25) is 15.0 Å². The summed E-state index contributed by atoms with van der Waals surface area (Å²) in [5.74, 6) is 4.34. The minimum absolute atomic E-state index is 0.0280. The monoisotopic (exact) mass is 218 g/mol. The van der Waals surface area contributed by atoms with E-state index in [0.717, 1.165) is 0 Å². The molecule has 16 heavy (non-hydrogen) atoms. The number of carbonyl (C=O) groups excluding carboxylic acids is 1. The van der Waals surface area contributed by atoms with Gasteiger partial charge < -0.3 is 10.7 Å². The van der Waals surface area contributed by atoms with Crippen LogP contribution in [0.5, 0.6) is 0 Å². The zero-order chi connectivity index (χ0) is 11.7. The Bertz CT molecular complexity index is 618. The van der Waals surface area contributed by atoms with Crippen molar-refractivity contribution in [2.24, 2.45) is 5.84 Å². The molecule has 1 aromatic carbocycles. The van der Waals surface area contributed by atoms with Crippen molar-refractivity contribution in [3.05, 3.63) is 40.2 Å². The summed E-state index contributed by atoms with van der Waals surface area (Å²) in [4.78, 5) is 25.9. The van der Waals surface area contributed by atoms with E-state index in [-0.39, 0.29) is 11.0 Å². The number of H-pyrrole nitrogens is 1. The molecule has 0 bridgehead atoms. The Hall–Kier alpha value is -2.34. The highest BCUT2D eigenvalue weighted by Gasteiger charge is 2.11. The van der Waals surface area contributed by atoms with Gasteiger partial charge in [-0.25, -0.2) is 5.84 Å². The number of hydrogen-bond donors (Lipinski definition) is 4. The van der Waals surface area contributed by atoms with Crippen LogP contribution in [0.25, 0.3) is 10.9 Å². The van der Waals surface area contributed by atoms with Crippen LogP contribution in [-0.4, -0.2) is 10.9 Å². The van der Waals surface area contributed by atoms with E-state index >= 15 is 0 Å². The molecule has 0 spiro atoms. The predicted octanol–water partition coefficient (Wildman–Crippen LogP) is -0.286. The number of benzene rings is 1. The van der Waals surface area contributed by atoms with Gasteiger partial charge >= 0.3 is 0 Å². The van der Waals surface area contributed by atoms with E-state index in [1.807, 2.05) is 5.43 Å². The quantitative estimate of drug-likeness (QED) is 0.228. The molecule has 0 fully saturated rings. The van der Waals surface area contributed by atoms with Gasteiger partial charge in [0, 0.05) is 17.3 Å². The number of fused-ring (bicyclic) bond motifs is 1. The zero-order valence-corrected chi connectivity index (χ0v) is 8.28. The number of carbonyl (C=O) groups is 1. The molecule has 0 aliphatic carbocycles. The molecule has 1 heterocycles. The van der Waals surface area contributed by atoms with E-state index in [1.54, 1.807) is 18.2 Å². The smallest absolute Gasteiger partial charge is 0.270 e. The zero-order valence-electron chi connectivity index (χ0n) is 8.28. The average Bonchev–Trinajstić information content (AvgIpc) is 2.28. The number of amides is 1. The number of aromatic nitrogens is 1. The molecular formula is C10H10N4O2. The molecule has 0 aliphatic rings. The predicted molar refractivity (Wildman–Crippen MR) is 60.6 cm³/mol. The van der Waals surface area contributed by atoms with E-state index in [9.17, 15) is 9.59 Å². The third-order valence-corrected chi connectivity index (χ3v) is 2.28. The lowest BCUT2D eigenvalue weighted by Gasteiger charge is -2.02. The van der Waals surface area contributed by atoms with Gasteiger partial charge in [-0.1, -0.05) is 0 Å². The first kappa shape index (κ1) is 10.2. The number of nitrogens with one attached hydrogen (secondary N) is 2. The molecule has 6 heteroatoms. The second kappa shape index (κ2) is 3.67. The summed E-state index contributed by atoms with van der Waals surface area (Å²) in [6.45, 7) is 0. The van der Waals surface area contributed by atoms with E-state index in [0.29, 0.717) is 16.6 Å². The highest BCUT2D eigenvalue weighted by Crippen LogP contribution is 2.12. The van der Waals surface area contributed by atoms with Crippen LogP contribution in [0.1, 0.15) is 10.4 Å². The second-order valence-electron chi connectivity index (χ2n) is 3.31. The van der Waals surface area contributed by atoms with E-state index in [1.165, 1.54) is 6.20 Å². The molecule has 0 saturated carbocycles. The number of anilines is 1. The lowest BCUT2D eigenvalue weighted by molar-refractivity contribution is 0.0952. The Kier molecular flexibility index (Phi) is 2.34. The number of hydrazine groups is 1. The topological polar surface area (TPSA) is 114 Å². The van der Waals surface area contributed by atoms with Crippen molar-refractivity contribution in [3.63, 3.8) is 0 Å². The second-order valence-corrected chi connectivity index (χ2v) is 3.31. The van der Waals surface area contributed by atoms with Gasteiger partial charge in [0.1, 0.15) is 5.56 Å². The molecule has 0 atom stereocenters. The number of nitrogens with two attached hydrogens (primary N) is 2. The largest absolute Gasteiger partial charge is 0.399 e. The number of rotatable bonds is 1. The highest BCUT2D eigenvalue weighted by atomic mass is 16.2. The molecular weight excluding hydrogens is 208 g/mol. The lowest BCUT2D eigenvalue weighted by atomic mass is 10.1. The number of hydrogen-bond acceptors (Lipinski definition) is 4. The summed E-state index contributed by atoms with van der Waals surface area (Å²) in [6.07, 6.45) is 1.31. The number of pyridine rings is 1. The van der Waals surface area contributed by atoms with Crippen molar-refractivity contribution in [2.75, 3.05) is 5.73 Å². The molecule has 0 unspecified atom stereocenters. The minimum Gasteiger partial charge on any atom is -0.399 e. The molecule has 6 nitrogen and oxygen atoms in total. The van der Waals surface area contributed by atoms with Crippen molar-refractivity contribution in [2.45, 2.75) is 0 Å². The van der Waals surface area contributed by atoms with Gasteiger partial charge in [0.25, 0.3) is 5.91 Å². The fourth-order valence-electron chi connectivity index (χ4n) is 1.49. The van der Waals surface area contributed by atoms with Crippen LogP contribution >= 0.6 is 0 Å². The molecule has 1 amide bonds. The van der Waals surface area contributed by atoms with Crippen LogP contribution in [0, 0.1) is 0 Å². The first-order valence-electron chi connectivity index (χ1n) is 4.55. The molecule has 6 N–H and O–H groups in total. The fraction of sp³-hybridized carbons (Fsp3) is 0. The molecule has 82 valence electrons. The van der Waals surface area contributed by atoms with Crippen molar-refractivity contribution in [1.29, 1.82) is 0 Å². The van der Waals surface area contributed by atoms with Crippen LogP contribution in [0.4, 0.5) is 5.69 Å².